The highest BCUT2D eigenvalue weighted by atomic mass is 35.5. The van der Waals surface area contributed by atoms with Crippen LogP contribution < -0.4 is 10.2 Å². The van der Waals surface area contributed by atoms with Gasteiger partial charge in [-0.25, -0.2) is 5.43 Å². The molecule has 1 atom stereocenters. The molecule has 1 amide bonds. The first kappa shape index (κ1) is 16.9. The second-order valence-corrected chi connectivity index (χ2v) is 5.82. The molecule has 0 saturated carbocycles. The number of fused-ring (bicyclic) bond motifs is 1. The van der Waals surface area contributed by atoms with E-state index in [0.29, 0.717) is 16.3 Å². The Morgan fingerprint density at radius 3 is 2.88 bits per heavy atom. The third-order valence-corrected chi connectivity index (χ3v) is 3.74. The summed E-state index contributed by atoms with van der Waals surface area (Å²) in [5.41, 5.74) is 3.97. The second-order valence-electron chi connectivity index (χ2n) is 5.38. The fourth-order valence-corrected chi connectivity index (χ4v) is 2.46. The molecule has 0 spiro atoms. The van der Waals surface area contributed by atoms with Crippen LogP contribution in [0.15, 0.2) is 65.9 Å². The lowest BCUT2D eigenvalue weighted by molar-refractivity contribution is -0.127. The van der Waals surface area contributed by atoms with Crippen molar-refractivity contribution in [2.24, 2.45) is 5.10 Å². The van der Waals surface area contributed by atoms with Crippen LogP contribution in [0.3, 0.4) is 0 Å². The number of halogens is 1. The molecule has 1 heterocycles. The summed E-state index contributed by atoms with van der Waals surface area (Å²) in [6.07, 6.45) is 2.50. The highest BCUT2D eigenvalue weighted by molar-refractivity contribution is 6.30. The van der Waals surface area contributed by atoms with Gasteiger partial charge in [-0.3, -0.25) is 9.78 Å². The van der Waals surface area contributed by atoms with E-state index in [1.54, 1.807) is 31.3 Å². The third kappa shape index (κ3) is 4.33. The van der Waals surface area contributed by atoms with Gasteiger partial charge in [0.1, 0.15) is 11.3 Å². The maximum atomic E-state index is 12.1. The number of pyridine rings is 1. The van der Waals surface area contributed by atoms with Gasteiger partial charge in [-0.1, -0.05) is 41.9 Å². The Hall–Kier alpha value is -2.92. The Bertz CT molecular complexity index is 922. The molecule has 0 bridgehead atoms. The predicted molar refractivity (Wildman–Crippen MR) is 99.0 cm³/mol. The van der Waals surface area contributed by atoms with Crippen molar-refractivity contribution in [1.29, 1.82) is 0 Å². The summed E-state index contributed by atoms with van der Waals surface area (Å²) in [5.74, 6) is 0.200. The van der Waals surface area contributed by atoms with Crippen molar-refractivity contribution in [3.8, 4) is 5.75 Å². The summed E-state index contributed by atoms with van der Waals surface area (Å²) in [6.45, 7) is 1.66. The SMILES string of the molecule is C[C@H](Oc1cccc2cccnc12)C(=O)N/N=C\c1cccc(Cl)c1. The number of hydrazone groups is 1. The van der Waals surface area contributed by atoms with Gasteiger partial charge in [0.05, 0.1) is 6.21 Å². The first-order chi connectivity index (χ1) is 12.1. The minimum absolute atomic E-state index is 0.355. The Kier molecular flexibility index (Phi) is 5.26. The van der Waals surface area contributed by atoms with E-state index in [1.165, 1.54) is 6.21 Å². The number of para-hydroxylation sites is 1. The fraction of sp³-hybridized carbons (Fsp3) is 0.105. The molecule has 6 heteroatoms. The Morgan fingerprint density at radius 2 is 2.04 bits per heavy atom. The van der Waals surface area contributed by atoms with E-state index in [9.17, 15) is 4.79 Å². The lowest BCUT2D eigenvalue weighted by atomic mass is 10.2. The van der Waals surface area contributed by atoms with E-state index in [2.05, 4.69) is 15.5 Å². The Balaban J connectivity index is 1.64. The van der Waals surface area contributed by atoms with E-state index in [4.69, 9.17) is 16.3 Å². The van der Waals surface area contributed by atoms with Crippen LogP contribution in [0.1, 0.15) is 12.5 Å². The van der Waals surface area contributed by atoms with Gasteiger partial charge in [-0.15, -0.1) is 0 Å². The molecule has 0 radical (unpaired) electrons. The van der Waals surface area contributed by atoms with Crippen LogP contribution in [0.25, 0.3) is 10.9 Å². The Labute approximate surface area is 150 Å². The van der Waals surface area contributed by atoms with Crippen molar-refractivity contribution < 1.29 is 9.53 Å². The fourth-order valence-electron chi connectivity index (χ4n) is 2.26. The molecule has 0 saturated heterocycles. The molecular weight excluding hydrogens is 338 g/mol. The highest BCUT2D eigenvalue weighted by Crippen LogP contribution is 2.23. The molecule has 1 aromatic heterocycles. The number of aromatic nitrogens is 1. The van der Waals surface area contributed by atoms with E-state index in [1.807, 2.05) is 36.4 Å². The summed E-state index contributed by atoms with van der Waals surface area (Å²) >= 11 is 5.90. The number of nitrogens with zero attached hydrogens (tertiary/aromatic N) is 2. The number of carbonyl (C=O) groups is 1. The molecule has 0 fully saturated rings. The monoisotopic (exact) mass is 353 g/mol. The standard InChI is InChI=1S/C19H16ClN3O2/c1-13(19(24)23-22-12-14-5-2-8-16(20)11-14)25-17-9-3-6-15-7-4-10-21-18(15)17/h2-13H,1H3,(H,23,24)/b22-12-/t13-/m0/s1. The molecule has 3 aromatic rings. The highest BCUT2D eigenvalue weighted by Gasteiger charge is 2.15. The van der Waals surface area contributed by atoms with Crippen LogP contribution in [0, 0.1) is 0 Å². The van der Waals surface area contributed by atoms with Gasteiger partial charge in [0.25, 0.3) is 5.91 Å². The van der Waals surface area contributed by atoms with Crippen molar-refractivity contribution in [1.82, 2.24) is 10.4 Å². The van der Waals surface area contributed by atoms with Crippen molar-refractivity contribution in [2.75, 3.05) is 0 Å². The molecule has 0 unspecified atom stereocenters. The molecule has 25 heavy (non-hydrogen) atoms. The quantitative estimate of drug-likeness (QED) is 0.560. The van der Waals surface area contributed by atoms with Gasteiger partial charge < -0.3 is 4.74 Å². The summed E-state index contributed by atoms with van der Waals surface area (Å²) in [5, 5.41) is 5.49. The summed E-state index contributed by atoms with van der Waals surface area (Å²) < 4.78 is 5.74. The van der Waals surface area contributed by atoms with Gasteiger partial charge in [0.15, 0.2) is 6.10 Å². The normalized spacial score (nSPS) is 12.2. The number of nitrogens with one attached hydrogen (secondary N) is 1. The van der Waals surface area contributed by atoms with E-state index >= 15 is 0 Å². The van der Waals surface area contributed by atoms with E-state index < -0.39 is 6.10 Å². The first-order valence-corrected chi connectivity index (χ1v) is 8.10. The van der Waals surface area contributed by atoms with Gasteiger partial charge in [0, 0.05) is 16.6 Å². The topological polar surface area (TPSA) is 63.6 Å². The van der Waals surface area contributed by atoms with Crippen LogP contribution in [0.2, 0.25) is 5.02 Å². The van der Waals surface area contributed by atoms with Crippen LogP contribution in [-0.4, -0.2) is 23.2 Å². The Morgan fingerprint density at radius 1 is 1.24 bits per heavy atom. The molecule has 126 valence electrons. The van der Waals surface area contributed by atoms with Crippen molar-refractivity contribution in [2.45, 2.75) is 13.0 Å². The van der Waals surface area contributed by atoms with Gasteiger partial charge >= 0.3 is 0 Å². The van der Waals surface area contributed by atoms with Crippen molar-refractivity contribution in [3.63, 3.8) is 0 Å². The molecule has 1 N–H and O–H groups in total. The van der Waals surface area contributed by atoms with E-state index in [-0.39, 0.29) is 5.91 Å². The van der Waals surface area contributed by atoms with Gasteiger partial charge in [0.2, 0.25) is 0 Å². The molecule has 0 aliphatic heterocycles. The number of ether oxygens (including phenoxy) is 1. The third-order valence-electron chi connectivity index (χ3n) is 3.51. The zero-order valence-corrected chi connectivity index (χ0v) is 14.3. The zero-order chi connectivity index (χ0) is 17.6. The minimum atomic E-state index is -0.718. The van der Waals surface area contributed by atoms with Crippen molar-refractivity contribution in [3.05, 3.63) is 71.4 Å². The smallest absolute Gasteiger partial charge is 0.280 e. The molecule has 3 rings (SSSR count). The van der Waals surface area contributed by atoms with Crippen LogP contribution in [-0.2, 0) is 4.79 Å². The predicted octanol–water partition coefficient (Wildman–Crippen LogP) is 3.81. The molecule has 0 aliphatic rings. The van der Waals surface area contributed by atoms with Crippen LogP contribution in [0.5, 0.6) is 5.75 Å². The maximum absolute atomic E-state index is 12.1. The van der Waals surface area contributed by atoms with E-state index in [0.717, 1.165) is 10.9 Å². The first-order valence-electron chi connectivity index (χ1n) is 7.72. The zero-order valence-electron chi connectivity index (χ0n) is 13.5. The number of hydrogen-bond acceptors (Lipinski definition) is 4. The number of carbonyl (C=O) groups excluding carboxylic acids is 1. The van der Waals surface area contributed by atoms with Crippen LogP contribution in [0.4, 0.5) is 0 Å². The number of benzene rings is 2. The van der Waals surface area contributed by atoms with Crippen molar-refractivity contribution >= 4 is 34.6 Å². The summed E-state index contributed by atoms with van der Waals surface area (Å²) in [4.78, 5) is 16.4. The van der Waals surface area contributed by atoms with Gasteiger partial charge in [-0.05, 0) is 36.8 Å². The largest absolute Gasteiger partial charge is 0.479 e. The number of hydrogen-bond donors (Lipinski definition) is 1. The molecule has 0 aliphatic carbocycles. The summed E-state index contributed by atoms with van der Waals surface area (Å²) in [6, 6.07) is 16.5. The van der Waals surface area contributed by atoms with Gasteiger partial charge in [-0.2, -0.15) is 5.10 Å². The summed E-state index contributed by atoms with van der Waals surface area (Å²) in [7, 11) is 0. The average molecular weight is 354 g/mol. The lowest BCUT2D eigenvalue weighted by Gasteiger charge is -2.14. The minimum Gasteiger partial charge on any atom is -0.479 e. The number of amides is 1. The molecule has 5 nitrogen and oxygen atoms in total. The number of rotatable bonds is 5. The molecular formula is C19H16ClN3O2. The lowest BCUT2D eigenvalue weighted by Crippen LogP contribution is -2.33. The second kappa shape index (κ2) is 7.77. The molecule has 2 aromatic carbocycles. The average Bonchev–Trinajstić information content (AvgIpc) is 2.62. The van der Waals surface area contributed by atoms with Crippen LogP contribution >= 0.6 is 11.6 Å². The maximum Gasteiger partial charge on any atom is 0.280 e.